The van der Waals surface area contributed by atoms with Gasteiger partial charge in [0.25, 0.3) is 0 Å². The fraction of sp³-hybridized carbons (Fsp3) is 0.316. The fourth-order valence-corrected chi connectivity index (χ4v) is 4.20. The summed E-state index contributed by atoms with van der Waals surface area (Å²) in [5.41, 5.74) is 0.966. The van der Waals surface area contributed by atoms with E-state index in [2.05, 4.69) is 15.5 Å². The van der Waals surface area contributed by atoms with Gasteiger partial charge in [-0.15, -0.1) is 21.5 Å². The number of amides is 1. The number of nitrogens with one attached hydrogen (secondary N) is 1. The number of benzene rings is 1. The summed E-state index contributed by atoms with van der Waals surface area (Å²) in [4.78, 5) is 13.4. The summed E-state index contributed by atoms with van der Waals surface area (Å²) in [7, 11) is 1.64. The van der Waals surface area contributed by atoms with Gasteiger partial charge in [0.2, 0.25) is 5.91 Å². The third kappa shape index (κ3) is 4.70. The molecule has 0 radical (unpaired) electrons. The maximum absolute atomic E-state index is 12.3. The highest BCUT2D eigenvalue weighted by Gasteiger charge is 2.16. The van der Waals surface area contributed by atoms with Crippen molar-refractivity contribution in [3.63, 3.8) is 0 Å². The number of aromatic nitrogens is 3. The van der Waals surface area contributed by atoms with Crippen molar-refractivity contribution in [3.8, 4) is 17.1 Å². The molecule has 1 N–H and O–H groups in total. The second kappa shape index (κ2) is 9.05. The van der Waals surface area contributed by atoms with Gasteiger partial charge in [-0.2, -0.15) is 0 Å². The second-order valence-corrected chi connectivity index (χ2v) is 7.79. The van der Waals surface area contributed by atoms with Crippen LogP contribution in [-0.2, 0) is 11.3 Å². The van der Waals surface area contributed by atoms with Gasteiger partial charge in [-0.3, -0.25) is 4.79 Å². The summed E-state index contributed by atoms with van der Waals surface area (Å²) < 4.78 is 7.22. The van der Waals surface area contributed by atoms with E-state index >= 15 is 0 Å². The molecule has 1 aromatic carbocycles. The van der Waals surface area contributed by atoms with Crippen molar-refractivity contribution in [3.05, 3.63) is 46.7 Å². The molecule has 1 atom stereocenters. The number of thiophene rings is 1. The SMILES string of the molecule is CCn1c(SCC(=O)N[C@H](C)c2cccs2)nnc1-c1ccc(OC)cc1. The largest absolute Gasteiger partial charge is 0.497 e. The van der Waals surface area contributed by atoms with E-state index in [0.29, 0.717) is 5.75 Å². The highest BCUT2D eigenvalue weighted by molar-refractivity contribution is 7.99. The van der Waals surface area contributed by atoms with Gasteiger partial charge in [0, 0.05) is 17.0 Å². The number of rotatable bonds is 8. The first-order valence-electron chi connectivity index (χ1n) is 8.65. The molecule has 0 bridgehead atoms. The van der Waals surface area contributed by atoms with Crippen LogP contribution in [0.25, 0.3) is 11.4 Å². The Morgan fingerprint density at radius 3 is 2.70 bits per heavy atom. The zero-order valence-corrected chi connectivity index (χ0v) is 17.1. The smallest absolute Gasteiger partial charge is 0.230 e. The first-order valence-corrected chi connectivity index (χ1v) is 10.5. The van der Waals surface area contributed by atoms with Gasteiger partial charge in [0.1, 0.15) is 5.75 Å². The third-order valence-electron chi connectivity index (χ3n) is 4.06. The summed E-state index contributed by atoms with van der Waals surface area (Å²) in [5, 5.41) is 14.4. The summed E-state index contributed by atoms with van der Waals surface area (Å²) in [6, 6.07) is 11.7. The lowest BCUT2D eigenvalue weighted by Gasteiger charge is -2.12. The van der Waals surface area contributed by atoms with Gasteiger partial charge in [-0.25, -0.2) is 0 Å². The van der Waals surface area contributed by atoms with E-state index in [0.717, 1.165) is 33.7 Å². The molecule has 142 valence electrons. The first kappa shape index (κ1) is 19.4. The van der Waals surface area contributed by atoms with E-state index in [1.807, 2.05) is 60.2 Å². The van der Waals surface area contributed by atoms with Crippen molar-refractivity contribution in [2.24, 2.45) is 0 Å². The van der Waals surface area contributed by atoms with E-state index in [4.69, 9.17) is 4.74 Å². The van der Waals surface area contributed by atoms with Crippen LogP contribution >= 0.6 is 23.1 Å². The Bertz CT molecular complexity index is 876. The zero-order valence-electron chi connectivity index (χ0n) is 15.5. The van der Waals surface area contributed by atoms with Gasteiger partial charge < -0.3 is 14.6 Å². The predicted octanol–water partition coefficient (Wildman–Crippen LogP) is 4.00. The molecule has 2 heterocycles. The molecule has 0 aliphatic rings. The maximum Gasteiger partial charge on any atom is 0.230 e. The van der Waals surface area contributed by atoms with E-state index in [1.54, 1.807) is 18.4 Å². The van der Waals surface area contributed by atoms with Gasteiger partial charge in [0.05, 0.1) is 18.9 Å². The highest BCUT2D eigenvalue weighted by atomic mass is 32.2. The van der Waals surface area contributed by atoms with E-state index in [1.165, 1.54) is 11.8 Å². The van der Waals surface area contributed by atoms with Crippen molar-refractivity contribution in [2.45, 2.75) is 31.6 Å². The Morgan fingerprint density at radius 2 is 2.07 bits per heavy atom. The molecule has 0 saturated heterocycles. The quantitative estimate of drug-likeness (QED) is 0.577. The van der Waals surface area contributed by atoms with Crippen LogP contribution in [-0.4, -0.2) is 33.5 Å². The molecule has 3 rings (SSSR count). The minimum atomic E-state index is -0.0162. The lowest BCUT2D eigenvalue weighted by Crippen LogP contribution is -2.27. The molecule has 1 amide bonds. The number of carbonyl (C=O) groups excluding carboxylic acids is 1. The minimum absolute atomic E-state index is 0.0111. The zero-order chi connectivity index (χ0) is 19.2. The molecule has 0 aliphatic heterocycles. The van der Waals surface area contributed by atoms with Crippen LogP contribution in [0, 0.1) is 0 Å². The molecule has 27 heavy (non-hydrogen) atoms. The maximum atomic E-state index is 12.3. The average molecular weight is 403 g/mol. The van der Waals surface area contributed by atoms with E-state index < -0.39 is 0 Å². The molecule has 0 spiro atoms. The highest BCUT2D eigenvalue weighted by Crippen LogP contribution is 2.26. The lowest BCUT2D eigenvalue weighted by atomic mass is 10.2. The third-order valence-corrected chi connectivity index (χ3v) is 6.08. The Labute approximate surface area is 167 Å². The average Bonchev–Trinajstić information content (AvgIpc) is 3.36. The fourth-order valence-electron chi connectivity index (χ4n) is 2.66. The number of hydrogen-bond donors (Lipinski definition) is 1. The molecule has 0 unspecified atom stereocenters. The minimum Gasteiger partial charge on any atom is -0.497 e. The molecule has 6 nitrogen and oxygen atoms in total. The van der Waals surface area contributed by atoms with E-state index in [9.17, 15) is 4.79 Å². The van der Waals surface area contributed by atoms with Crippen molar-refractivity contribution in [1.29, 1.82) is 0 Å². The molecular formula is C19H22N4O2S2. The molecule has 0 saturated carbocycles. The monoisotopic (exact) mass is 402 g/mol. The van der Waals surface area contributed by atoms with Crippen molar-refractivity contribution in [1.82, 2.24) is 20.1 Å². The van der Waals surface area contributed by atoms with Crippen LogP contribution in [0.5, 0.6) is 5.75 Å². The number of hydrogen-bond acceptors (Lipinski definition) is 6. The van der Waals surface area contributed by atoms with E-state index in [-0.39, 0.29) is 11.9 Å². The van der Waals surface area contributed by atoms with Crippen molar-refractivity contribution in [2.75, 3.05) is 12.9 Å². The Balaban J connectivity index is 1.65. The second-order valence-electron chi connectivity index (χ2n) is 5.87. The van der Waals surface area contributed by atoms with Gasteiger partial charge in [-0.05, 0) is 49.6 Å². The lowest BCUT2D eigenvalue weighted by molar-refractivity contribution is -0.119. The Morgan fingerprint density at radius 1 is 1.30 bits per heavy atom. The van der Waals surface area contributed by atoms with Crippen LogP contribution in [0.3, 0.4) is 0 Å². The molecule has 0 aliphatic carbocycles. The predicted molar refractivity (Wildman–Crippen MR) is 109 cm³/mol. The van der Waals surface area contributed by atoms with Crippen molar-refractivity contribution >= 4 is 29.0 Å². The van der Waals surface area contributed by atoms with Crippen LogP contribution in [0.4, 0.5) is 0 Å². The van der Waals surface area contributed by atoms with Crippen LogP contribution in [0.1, 0.15) is 24.8 Å². The molecular weight excluding hydrogens is 380 g/mol. The number of thioether (sulfide) groups is 1. The topological polar surface area (TPSA) is 69.0 Å². The van der Waals surface area contributed by atoms with Gasteiger partial charge in [-0.1, -0.05) is 17.8 Å². The molecule has 0 fully saturated rings. The normalized spacial score (nSPS) is 12.0. The number of carbonyl (C=O) groups is 1. The first-order chi connectivity index (χ1) is 13.1. The standard InChI is InChI=1S/C19H22N4O2S2/c1-4-23-18(14-7-9-15(25-3)10-8-14)21-22-19(23)27-12-17(24)20-13(2)16-6-5-11-26-16/h5-11,13H,4,12H2,1-3H3,(H,20,24)/t13-/m1/s1. The molecule has 2 aromatic heterocycles. The van der Waals surface area contributed by atoms with Crippen LogP contribution < -0.4 is 10.1 Å². The number of nitrogens with zero attached hydrogens (tertiary/aromatic N) is 3. The summed E-state index contributed by atoms with van der Waals surface area (Å²) in [6.07, 6.45) is 0. The van der Waals surface area contributed by atoms with Crippen LogP contribution in [0.15, 0.2) is 46.9 Å². The number of ether oxygens (including phenoxy) is 1. The summed E-state index contributed by atoms with van der Waals surface area (Å²) >= 11 is 3.04. The van der Waals surface area contributed by atoms with Gasteiger partial charge in [0.15, 0.2) is 11.0 Å². The number of methoxy groups -OCH3 is 1. The molecule has 3 aromatic rings. The summed E-state index contributed by atoms with van der Waals surface area (Å²) in [5.74, 6) is 1.87. The Hall–Kier alpha value is -2.32. The Kier molecular flexibility index (Phi) is 6.52. The van der Waals surface area contributed by atoms with Crippen molar-refractivity contribution < 1.29 is 9.53 Å². The van der Waals surface area contributed by atoms with Crippen LogP contribution in [0.2, 0.25) is 0 Å². The summed E-state index contributed by atoms with van der Waals surface area (Å²) in [6.45, 7) is 4.76. The molecule has 8 heteroatoms. The van der Waals surface area contributed by atoms with Gasteiger partial charge >= 0.3 is 0 Å².